The Balaban J connectivity index is 1.49. The van der Waals surface area contributed by atoms with Crippen LogP contribution in [0.3, 0.4) is 0 Å². The Morgan fingerprint density at radius 3 is 2.33 bits per heavy atom. The molecular weight excluding hydrogens is 338 g/mol. The first kappa shape index (κ1) is 18.5. The highest BCUT2D eigenvalue weighted by molar-refractivity contribution is 5.94. The summed E-state index contributed by atoms with van der Waals surface area (Å²) in [6, 6.07) is 10.4. The summed E-state index contributed by atoms with van der Waals surface area (Å²) in [7, 11) is 0. The van der Waals surface area contributed by atoms with Crippen LogP contribution in [-0.2, 0) is 9.59 Å². The monoisotopic (exact) mass is 369 g/mol. The Labute approximate surface area is 162 Å². The minimum Gasteiger partial charge on any atom is -0.339 e. The molecule has 0 aromatic heterocycles. The number of likely N-dealkylation sites (N-methyl/N-ethyl adjacent to an activating group) is 1. The second-order valence-electron chi connectivity index (χ2n) is 8.28. The second-order valence-corrected chi connectivity index (χ2v) is 8.28. The molecule has 146 valence electrons. The van der Waals surface area contributed by atoms with Gasteiger partial charge in [-0.05, 0) is 24.9 Å². The first-order valence-electron chi connectivity index (χ1n) is 10.5. The highest BCUT2D eigenvalue weighted by atomic mass is 16.2. The lowest BCUT2D eigenvalue weighted by molar-refractivity contribution is -0.181. The number of benzene rings is 1. The van der Waals surface area contributed by atoms with Crippen LogP contribution in [0, 0.1) is 5.41 Å². The van der Waals surface area contributed by atoms with Gasteiger partial charge >= 0.3 is 0 Å². The quantitative estimate of drug-likeness (QED) is 0.767. The summed E-state index contributed by atoms with van der Waals surface area (Å²) in [6.45, 7) is 6.83. The van der Waals surface area contributed by atoms with E-state index >= 15 is 0 Å². The van der Waals surface area contributed by atoms with E-state index in [1.807, 2.05) is 28.0 Å². The van der Waals surface area contributed by atoms with Crippen LogP contribution >= 0.6 is 0 Å². The molecule has 4 rings (SSSR count). The van der Waals surface area contributed by atoms with Gasteiger partial charge < -0.3 is 14.7 Å². The van der Waals surface area contributed by atoms with Crippen LogP contribution in [0.5, 0.6) is 0 Å². The van der Waals surface area contributed by atoms with Crippen LogP contribution in [0.2, 0.25) is 0 Å². The SMILES string of the molecule is CCN1CCN(C(=O)CN2C(=O)C3(CCCCC3)C2c2ccccc2)CC1. The molecule has 3 fully saturated rings. The summed E-state index contributed by atoms with van der Waals surface area (Å²) in [4.78, 5) is 32.2. The highest BCUT2D eigenvalue weighted by Gasteiger charge is 2.60. The second kappa shape index (κ2) is 7.63. The molecule has 2 heterocycles. The number of carbonyl (C=O) groups is 2. The maximum absolute atomic E-state index is 13.2. The van der Waals surface area contributed by atoms with E-state index in [0.29, 0.717) is 0 Å². The van der Waals surface area contributed by atoms with Gasteiger partial charge in [0, 0.05) is 26.2 Å². The normalized spacial score (nSPS) is 25.5. The lowest BCUT2D eigenvalue weighted by Crippen LogP contribution is -2.66. The van der Waals surface area contributed by atoms with Gasteiger partial charge in [-0.15, -0.1) is 0 Å². The third-order valence-electron chi connectivity index (χ3n) is 6.86. The Bertz CT molecular complexity index is 676. The smallest absolute Gasteiger partial charge is 0.242 e. The lowest BCUT2D eigenvalue weighted by Gasteiger charge is -2.58. The fraction of sp³-hybridized carbons (Fsp3) is 0.636. The predicted molar refractivity (Wildman–Crippen MR) is 105 cm³/mol. The number of piperazine rings is 1. The zero-order chi connectivity index (χ0) is 18.9. The standard InChI is InChI=1S/C22H31N3O2/c1-2-23-13-15-24(16-14-23)19(26)17-25-20(18-9-5-3-6-10-18)22(21(25)27)11-7-4-8-12-22/h3,5-6,9-10,20H,2,4,7-8,11-17H2,1H3. The van der Waals surface area contributed by atoms with Gasteiger partial charge in [-0.2, -0.15) is 0 Å². The van der Waals surface area contributed by atoms with Gasteiger partial charge in [0.15, 0.2) is 0 Å². The van der Waals surface area contributed by atoms with Crippen LogP contribution in [0.4, 0.5) is 0 Å². The minimum atomic E-state index is -0.263. The van der Waals surface area contributed by atoms with Crippen molar-refractivity contribution in [1.29, 1.82) is 0 Å². The summed E-state index contributed by atoms with van der Waals surface area (Å²) in [5.74, 6) is 0.308. The molecule has 27 heavy (non-hydrogen) atoms. The van der Waals surface area contributed by atoms with Crippen molar-refractivity contribution in [2.24, 2.45) is 5.41 Å². The van der Waals surface area contributed by atoms with E-state index in [9.17, 15) is 9.59 Å². The van der Waals surface area contributed by atoms with E-state index in [1.54, 1.807) is 0 Å². The van der Waals surface area contributed by atoms with Gasteiger partial charge in [0.2, 0.25) is 11.8 Å². The van der Waals surface area contributed by atoms with Crippen LogP contribution in [-0.4, -0.2) is 65.8 Å². The molecule has 0 radical (unpaired) electrons. The van der Waals surface area contributed by atoms with Crippen molar-refractivity contribution in [2.75, 3.05) is 39.3 Å². The average molecular weight is 370 g/mol. The summed E-state index contributed by atoms with van der Waals surface area (Å²) >= 11 is 0. The molecule has 0 N–H and O–H groups in total. The van der Waals surface area contributed by atoms with Crippen molar-refractivity contribution in [2.45, 2.75) is 45.1 Å². The zero-order valence-electron chi connectivity index (χ0n) is 16.4. The van der Waals surface area contributed by atoms with Crippen molar-refractivity contribution in [3.63, 3.8) is 0 Å². The van der Waals surface area contributed by atoms with E-state index in [-0.39, 0.29) is 29.8 Å². The van der Waals surface area contributed by atoms with Crippen molar-refractivity contribution in [3.05, 3.63) is 35.9 Å². The Morgan fingerprint density at radius 1 is 1.04 bits per heavy atom. The van der Waals surface area contributed by atoms with Crippen molar-refractivity contribution in [3.8, 4) is 0 Å². The van der Waals surface area contributed by atoms with E-state index in [2.05, 4.69) is 24.0 Å². The maximum atomic E-state index is 13.2. The molecule has 2 amide bonds. The first-order valence-corrected chi connectivity index (χ1v) is 10.5. The van der Waals surface area contributed by atoms with Gasteiger partial charge in [-0.3, -0.25) is 9.59 Å². The number of hydrogen-bond acceptors (Lipinski definition) is 3. The summed E-state index contributed by atoms with van der Waals surface area (Å²) < 4.78 is 0. The van der Waals surface area contributed by atoms with E-state index in [0.717, 1.165) is 58.4 Å². The molecule has 1 unspecified atom stereocenters. The van der Waals surface area contributed by atoms with E-state index in [4.69, 9.17) is 0 Å². The summed E-state index contributed by atoms with van der Waals surface area (Å²) in [5, 5.41) is 0. The maximum Gasteiger partial charge on any atom is 0.242 e. The molecule has 2 aliphatic heterocycles. The number of likely N-dealkylation sites (tertiary alicyclic amines) is 1. The molecule has 5 nitrogen and oxygen atoms in total. The molecular formula is C22H31N3O2. The first-order chi connectivity index (χ1) is 13.2. The van der Waals surface area contributed by atoms with Gasteiger partial charge in [-0.1, -0.05) is 56.5 Å². The van der Waals surface area contributed by atoms with Crippen molar-refractivity contribution < 1.29 is 9.59 Å². The summed E-state index contributed by atoms with van der Waals surface area (Å²) in [5.41, 5.74) is 0.920. The van der Waals surface area contributed by atoms with E-state index in [1.165, 1.54) is 12.0 Å². The van der Waals surface area contributed by atoms with Gasteiger partial charge in [0.1, 0.15) is 6.54 Å². The Kier molecular flexibility index (Phi) is 5.22. The zero-order valence-corrected chi connectivity index (χ0v) is 16.4. The van der Waals surface area contributed by atoms with E-state index < -0.39 is 0 Å². The molecule has 5 heteroatoms. The van der Waals surface area contributed by atoms with Crippen molar-refractivity contribution >= 4 is 11.8 Å². The summed E-state index contributed by atoms with van der Waals surface area (Å²) in [6.07, 6.45) is 5.39. The Hall–Kier alpha value is -1.88. The molecule has 1 aliphatic carbocycles. The molecule has 1 saturated carbocycles. The third-order valence-corrected chi connectivity index (χ3v) is 6.86. The number of carbonyl (C=O) groups excluding carboxylic acids is 2. The molecule has 3 aliphatic rings. The largest absolute Gasteiger partial charge is 0.339 e. The number of nitrogens with zero attached hydrogens (tertiary/aromatic N) is 3. The molecule has 1 aromatic carbocycles. The number of rotatable bonds is 4. The molecule has 1 aromatic rings. The predicted octanol–water partition coefficient (Wildman–Crippen LogP) is 2.68. The fourth-order valence-electron chi connectivity index (χ4n) is 5.28. The highest BCUT2D eigenvalue weighted by Crippen LogP contribution is 2.57. The molecule has 1 spiro atoms. The lowest BCUT2D eigenvalue weighted by atomic mass is 9.60. The molecule has 0 bridgehead atoms. The van der Waals surface area contributed by atoms with Crippen molar-refractivity contribution in [1.82, 2.24) is 14.7 Å². The van der Waals surface area contributed by atoms with Crippen LogP contribution in [0.25, 0.3) is 0 Å². The number of hydrogen-bond donors (Lipinski definition) is 0. The van der Waals surface area contributed by atoms with Crippen LogP contribution in [0.1, 0.15) is 50.6 Å². The average Bonchev–Trinajstić information content (AvgIpc) is 2.74. The van der Waals surface area contributed by atoms with Gasteiger partial charge in [0.05, 0.1) is 11.5 Å². The number of amides is 2. The topological polar surface area (TPSA) is 43.9 Å². The molecule has 2 saturated heterocycles. The Morgan fingerprint density at radius 2 is 1.70 bits per heavy atom. The molecule has 1 atom stereocenters. The van der Waals surface area contributed by atoms with Gasteiger partial charge in [-0.25, -0.2) is 0 Å². The fourth-order valence-corrected chi connectivity index (χ4v) is 5.28. The number of β-lactam (4-membered cyclic amide) rings is 1. The van der Waals surface area contributed by atoms with Crippen LogP contribution < -0.4 is 0 Å². The van der Waals surface area contributed by atoms with Gasteiger partial charge in [0.25, 0.3) is 0 Å². The van der Waals surface area contributed by atoms with Crippen LogP contribution in [0.15, 0.2) is 30.3 Å². The third kappa shape index (κ3) is 3.27. The minimum absolute atomic E-state index is 0.0624.